The molecule has 2 aromatic rings. The summed E-state index contributed by atoms with van der Waals surface area (Å²) in [5.41, 5.74) is 2.48. The fourth-order valence-electron chi connectivity index (χ4n) is 3.23. The molecule has 0 N–H and O–H groups in total. The summed E-state index contributed by atoms with van der Waals surface area (Å²) in [5, 5.41) is 4.85. The van der Waals surface area contributed by atoms with E-state index in [0.29, 0.717) is 5.92 Å². The van der Waals surface area contributed by atoms with Crippen LogP contribution in [0.25, 0.3) is 5.52 Å². The summed E-state index contributed by atoms with van der Waals surface area (Å²) in [4.78, 5) is 0. The highest BCUT2D eigenvalue weighted by Gasteiger charge is 2.13. The number of hydrogen-bond acceptors (Lipinski definition) is 1. The van der Waals surface area contributed by atoms with E-state index in [4.69, 9.17) is 5.10 Å². The summed E-state index contributed by atoms with van der Waals surface area (Å²) in [6, 6.07) is 8.66. The number of aromatic nitrogens is 2. The van der Waals surface area contributed by atoms with E-state index in [0.717, 1.165) is 0 Å². The Balaban J connectivity index is 1.97. The Morgan fingerprint density at radius 2 is 1.55 bits per heavy atom. The minimum absolute atomic E-state index is 0.639. The molecular formula is C20H32N2. The third-order valence-corrected chi connectivity index (χ3v) is 4.64. The van der Waals surface area contributed by atoms with Gasteiger partial charge in [-0.1, -0.05) is 65.2 Å². The first-order valence-electron chi connectivity index (χ1n) is 9.29. The van der Waals surface area contributed by atoms with Crippen molar-refractivity contribution in [2.24, 2.45) is 0 Å². The van der Waals surface area contributed by atoms with Gasteiger partial charge >= 0.3 is 0 Å². The van der Waals surface area contributed by atoms with Gasteiger partial charge in [0.1, 0.15) is 0 Å². The van der Waals surface area contributed by atoms with Gasteiger partial charge in [0.05, 0.1) is 11.2 Å². The molecule has 0 unspecified atom stereocenters. The van der Waals surface area contributed by atoms with Crippen molar-refractivity contribution in [3.05, 3.63) is 36.2 Å². The van der Waals surface area contributed by atoms with Crippen LogP contribution in [0.4, 0.5) is 0 Å². The van der Waals surface area contributed by atoms with E-state index >= 15 is 0 Å². The number of nitrogens with zero attached hydrogens (tertiary/aromatic N) is 2. The molecule has 0 amide bonds. The standard InChI is InChI=1S/C20H32N2/c1-3-5-7-9-12-18(13-10-8-6-4-2)20-16-15-19-14-11-17-22(19)21-20/h11,14-18H,3-10,12-13H2,1-2H3. The van der Waals surface area contributed by atoms with Gasteiger partial charge in [0.25, 0.3) is 0 Å². The Bertz CT molecular complexity index is 517. The topological polar surface area (TPSA) is 17.3 Å². The number of unbranched alkanes of at least 4 members (excludes halogenated alkanes) is 6. The SMILES string of the molecule is CCCCCCC(CCCCCC)c1ccc2cccn2n1. The van der Waals surface area contributed by atoms with Crippen molar-refractivity contribution in [2.75, 3.05) is 0 Å². The third-order valence-electron chi connectivity index (χ3n) is 4.64. The molecular weight excluding hydrogens is 268 g/mol. The van der Waals surface area contributed by atoms with Crippen molar-refractivity contribution in [1.29, 1.82) is 0 Å². The zero-order valence-electron chi connectivity index (χ0n) is 14.4. The lowest BCUT2D eigenvalue weighted by Crippen LogP contribution is -2.05. The second kappa shape index (κ2) is 9.66. The summed E-state index contributed by atoms with van der Waals surface area (Å²) in [5.74, 6) is 0.639. The van der Waals surface area contributed by atoms with E-state index in [9.17, 15) is 0 Å². The molecule has 0 fully saturated rings. The molecule has 0 aliphatic heterocycles. The number of hydrogen-bond donors (Lipinski definition) is 0. The molecule has 2 heterocycles. The molecule has 0 atom stereocenters. The lowest BCUT2D eigenvalue weighted by molar-refractivity contribution is 0.484. The summed E-state index contributed by atoms with van der Waals surface area (Å²) < 4.78 is 2.03. The predicted octanol–water partition coefficient (Wildman–Crippen LogP) is 6.36. The van der Waals surface area contributed by atoms with Crippen molar-refractivity contribution >= 4 is 5.52 Å². The van der Waals surface area contributed by atoms with E-state index in [1.807, 2.05) is 4.52 Å². The van der Waals surface area contributed by atoms with Crippen LogP contribution in [0.15, 0.2) is 30.5 Å². The quantitative estimate of drug-likeness (QED) is 0.441. The molecule has 2 heteroatoms. The molecule has 0 saturated carbocycles. The fourth-order valence-corrected chi connectivity index (χ4v) is 3.23. The van der Waals surface area contributed by atoms with E-state index < -0.39 is 0 Å². The minimum atomic E-state index is 0.639. The summed E-state index contributed by atoms with van der Waals surface area (Å²) >= 11 is 0. The van der Waals surface area contributed by atoms with Crippen LogP contribution in [0.1, 0.15) is 89.7 Å². The Morgan fingerprint density at radius 1 is 0.864 bits per heavy atom. The zero-order valence-corrected chi connectivity index (χ0v) is 14.4. The summed E-state index contributed by atoms with van der Waals surface area (Å²) in [6.45, 7) is 4.56. The van der Waals surface area contributed by atoms with E-state index in [-0.39, 0.29) is 0 Å². The third kappa shape index (κ3) is 5.15. The average Bonchev–Trinajstić information content (AvgIpc) is 3.01. The Labute approximate surface area is 135 Å². The first-order valence-corrected chi connectivity index (χ1v) is 9.29. The van der Waals surface area contributed by atoms with Gasteiger partial charge in [-0.05, 0) is 37.1 Å². The van der Waals surface area contributed by atoms with Crippen LogP contribution in [-0.4, -0.2) is 9.61 Å². The van der Waals surface area contributed by atoms with Crippen LogP contribution in [-0.2, 0) is 0 Å². The second-order valence-corrected chi connectivity index (χ2v) is 6.53. The van der Waals surface area contributed by atoms with E-state index in [1.165, 1.54) is 75.4 Å². The predicted molar refractivity (Wildman–Crippen MR) is 95.5 cm³/mol. The molecule has 2 aromatic heterocycles. The van der Waals surface area contributed by atoms with Crippen molar-refractivity contribution in [3.63, 3.8) is 0 Å². The van der Waals surface area contributed by atoms with Gasteiger partial charge in [-0.2, -0.15) is 5.10 Å². The van der Waals surface area contributed by atoms with Crippen molar-refractivity contribution < 1.29 is 0 Å². The fraction of sp³-hybridized carbons (Fsp3) is 0.650. The Morgan fingerprint density at radius 3 is 2.18 bits per heavy atom. The first kappa shape index (κ1) is 17.1. The van der Waals surface area contributed by atoms with Crippen LogP contribution < -0.4 is 0 Å². The first-order chi connectivity index (χ1) is 10.8. The number of rotatable bonds is 11. The van der Waals surface area contributed by atoms with Gasteiger partial charge in [0.2, 0.25) is 0 Å². The van der Waals surface area contributed by atoms with Gasteiger partial charge in [-0.15, -0.1) is 0 Å². The van der Waals surface area contributed by atoms with Crippen LogP contribution in [0.5, 0.6) is 0 Å². The van der Waals surface area contributed by atoms with Crippen LogP contribution in [0, 0.1) is 0 Å². The molecule has 0 aliphatic carbocycles. The molecule has 0 saturated heterocycles. The van der Waals surface area contributed by atoms with Crippen molar-refractivity contribution in [3.8, 4) is 0 Å². The van der Waals surface area contributed by atoms with Crippen LogP contribution >= 0.6 is 0 Å². The Hall–Kier alpha value is -1.31. The molecule has 0 radical (unpaired) electrons. The average molecular weight is 300 g/mol. The normalized spacial score (nSPS) is 11.6. The summed E-state index contributed by atoms with van der Waals surface area (Å²) in [7, 11) is 0. The van der Waals surface area contributed by atoms with E-state index in [1.54, 1.807) is 0 Å². The van der Waals surface area contributed by atoms with Gasteiger partial charge < -0.3 is 0 Å². The molecule has 0 aromatic carbocycles. The maximum absolute atomic E-state index is 4.85. The highest BCUT2D eigenvalue weighted by atomic mass is 15.2. The van der Waals surface area contributed by atoms with Gasteiger partial charge in [0, 0.05) is 12.1 Å². The van der Waals surface area contributed by atoms with Crippen LogP contribution in [0.3, 0.4) is 0 Å². The molecule has 2 rings (SSSR count). The Kier molecular flexibility index (Phi) is 7.48. The lowest BCUT2D eigenvalue weighted by Gasteiger charge is -2.16. The van der Waals surface area contributed by atoms with Gasteiger partial charge in [0.15, 0.2) is 0 Å². The molecule has 0 bridgehead atoms. The smallest absolute Gasteiger partial charge is 0.0646 e. The molecule has 22 heavy (non-hydrogen) atoms. The molecule has 0 spiro atoms. The lowest BCUT2D eigenvalue weighted by atomic mass is 9.91. The highest BCUT2D eigenvalue weighted by molar-refractivity contribution is 5.46. The van der Waals surface area contributed by atoms with Crippen LogP contribution in [0.2, 0.25) is 0 Å². The van der Waals surface area contributed by atoms with Gasteiger partial charge in [-0.25, -0.2) is 4.52 Å². The highest BCUT2D eigenvalue weighted by Crippen LogP contribution is 2.27. The minimum Gasteiger partial charge on any atom is -0.241 e. The molecule has 2 nitrogen and oxygen atoms in total. The van der Waals surface area contributed by atoms with Crippen molar-refractivity contribution in [2.45, 2.75) is 84.0 Å². The maximum Gasteiger partial charge on any atom is 0.0646 e. The molecule has 0 aliphatic rings. The van der Waals surface area contributed by atoms with Gasteiger partial charge in [-0.3, -0.25) is 0 Å². The maximum atomic E-state index is 4.85. The monoisotopic (exact) mass is 300 g/mol. The van der Waals surface area contributed by atoms with E-state index in [2.05, 4.69) is 44.3 Å². The van der Waals surface area contributed by atoms with Crippen molar-refractivity contribution in [1.82, 2.24) is 9.61 Å². The second-order valence-electron chi connectivity index (χ2n) is 6.53. The number of fused-ring (bicyclic) bond motifs is 1. The zero-order chi connectivity index (χ0) is 15.6. The summed E-state index contributed by atoms with van der Waals surface area (Å²) in [6.07, 6.45) is 15.4. The molecule has 122 valence electrons. The largest absolute Gasteiger partial charge is 0.241 e.